The Bertz CT molecular complexity index is 640. The van der Waals surface area contributed by atoms with E-state index in [1.54, 1.807) is 6.07 Å². The van der Waals surface area contributed by atoms with Gasteiger partial charge in [0.25, 0.3) is 0 Å². The van der Waals surface area contributed by atoms with Crippen molar-refractivity contribution in [3.63, 3.8) is 0 Å². The van der Waals surface area contributed by atoms with E-state index in [-0.39, 0.29) is 11.5 Å². The molecule has 1 aliphatic carbocycles. The van der Waals surface area contributed by atoms with Gasteiger partial charge in [0.2, 0.25) is 0 Å². The Hall–Kier alpha value is -1.91. The van der Waals surface area contributed by atoms with Crippen LogP contribution in [0.4, 0.5) is 4.39 Å². The molecule has 0 aliphatic heterocycles. The van der Waals surface area contributed by atoms with Crippen molar-refractivity contribution in [2.45, 2.75) is 32.1 Å². The number of aryl methyl sites for hydroxylation is 1. The van der Waals surface area contributed by atoms with Crippen molar-refractivity contribution in [2.75, 3.05) is 0 Å². The fourth-order valence-electron chi connectivity index (χ4n) is 2.31. The highest BCUT2D eigenvalue weighted by atomic mass is 19.1. The van der Waals surface area contributed by atoms with Gasteiger partial charge in [-0.25, -0.2) is 18.9 Å². The molecule has 1 heterocycles. The zero-order chi connectivity index (χ0) is 12.7. The molecule has 0 atom stereocenters. The molecule has 1 aliphatic rings. The molecule has 0 amide bonds. The van der Waals surface area contributed by atoms with Crippen LogP contribution in [0.5, 0.6) is 0 Å². The highest BCUT2D eigenvalue weighted by molar-refractivity contribution is 5.41. The summed E-state index contributed by atoms with van der Waals surface area (Å²) in [6, 6.07) is 4.45. The molecule has 0 unspecified atom stereocenters. The number of aromatic amines is 1. The summed E-state index contributed by atoms with van der Waals surface area (Å²) in [6.07, 6.45) is 3.24. The second-order valence-corrected chi connectivity index (χ2v) is 4.78. The Morgan fingerprint density at radius 3 is 2.89 bits per heavy atom. The Labute approximate surface area is 103 Å². The van der Waals surface area contributed by atoms with Crippen molar-refractivity contribution < 1.29 is 4.39 Å². The Kier molecular flexibility index (Phi) is 2.54. The van der Waals surface area contributed by atoms with Gasteiger partial charge in [0.15, 0.2) is 0 Å². The van der Waals surface area contributed by atoms with Crippen molar-refractivity contribution >= 4 is 0 Å². The Morgan fingerprint density at radius 1 is 1.44 bits per heavy atom. The van der Waals surface area contributed by atoms with Gasteiger partial charge in [-0.05, 0) is 37.5 Å². The third-order valence-corrected chi connectivity index (χ3v) is 3.58. The van der Waals surface area contributed by atoms with Gasteiger partial charge in [-0.2, -0.15) is 5.10 Å². The van der Waals surface area contributed by atoms with E-state index in [9.17, 15) is 9.18 Å². The molecule has 0 bridgehead atoms. The van der Waals surface area contributed by atoms with E-state index in [1.807, 2.05) is 6.92 Å². The summed E-state index contributed by atoms with van der Waals surface area (Å²) >= 11 is 0. The lowest BCUT2D eigenvalue weighted by Gasteiger charge is -2.24. The van der Waals surface area contributed by atoms with E-state index in [0.717, 1.165) is 30.7 Å². The molecule has 5 heteroatoms. The Morgan fingerprint density at radius 2 is 2.22 bits per heavy atom. The molecule has 1 N–H and O–H groups in total. The lowest BCUT2D eigenvalue weighted by atomic mass is 9.85. The summed E-state index contributed by atoms with van der Waals surface area (Å²) in [4.78, 5) is 11.9. The number of hydrogen-bond acceptors (Lipinski definition) is 2. The van der Waals surface area contributed by atoms with Crippen LogP contribution in [-0.4, -0.2) is 14.8 Å². The molecule has 0 saturated heterocycles. The van der Waals surface area contributed by atoms with Crippen molar-refractivity contribution in [2.24, 2.45) is 0 Å². The minimum atomic E-state index is -0.344. The first kappa shape index (κ1) is 11.2. The van der Waals surface area contributed by atoms with E-state index >= 15 is 0 Å². The molecular formula is C13H14FN3O. The fraction of sp³-hybridized carbons (Fsp3) is 0.385. The molecular weight excluding hydrogens is 233 g/mol. The lowest BCUT2D eigenvalue weighted by Crippen LogP contribution is -2.22. The number of nitrogens with one attached hydrogen (secondary N) is 1. The number of hydrogen-bond donors (Lipinski definition) is 1. The molecule has 94 valence electrons. The van der Waals surface area contributed by atoms with Crippen LogP contribution in [0.3, 0.4) is 0 Å². The molecule has 18 heavy (non-hydrogen) atoms. The van der Waals surface area contributed by atoms with Gasteiger partial charge in [0, 0.05) is 5.92 Å². The first-order chi connectivity index (χ1) is 8.66. The van der Waals surface area contributed by atoms with E-state index in [2.05, 4.69) is 10.2 Å². The second kappa shape index (κ2) is 4.08. The minimum absolute atomic E-state index is 0.300. The smallest absolute Gasteiger partial charge is 0.246 e. The van der Waals surface area contributed by atoms with Crippen LogP contribution in [-0.2, 0) is 0 Å². The molecule has 1 fully saturated rings. The van der Waals surface area contributed by atoms with E-state index in [4.69, 9.17) is 0 Å². The molecule has 2 aromatic rings. The highest BCUT2D eigenvalue weighted by Crippen LogP contribution is 2.35. The van der Waals surface area contributed by atoms with Crippen LogP contribution in [0, 0.1) is 12.7 Å². The molecule has 1 aromatic carbocycles. The van der Waals surface area contributed by atoms with E-state index in [1.165, 1.54) is 16.7 Å². The summed E-state index contributed by atoms with van der Waals surface area (Å²) in [5, 5.41) is 6.55. The van der Waals surface area contributed by atoms with Gasteiger partial charge in [-0.1, -0.05) is 12.5 Å². The number of halogens is 1. The quantitative estimate of drug-likeness (QED) is 0.885. The first-order valence-corrected chi connectivity index (χ1v) is 6.10. The van der Waals surface area contributed by atoms with Crippen molar-refractivity contribution in [1.82, 2.24) is 14.8 Å². The summed E-state index contributed by atoms with van der Waals surface area (Å²) < 4.78 is 14.9. The van der Waals surface area contributed by atoms with Gasteiger partial charge < -0.3 is 0 Å². The third kappa shape index (κ3) is 1.66. The fourth-order valence-corrected chi connectivity index (χ4v) is 2.31. The SMILES string of the molecule is Cc1ccc(F)cc1-n1c(C2CCC2)n[nH]c1=O. The molecule has 4 nitrogen and oxygen atoms in total. The second-order valence-electron chi connectivity index (χ2n) is 4.78. The highest BCUT2D eigenvalue weighted by Gasteiger charge is 2.26. The van der Waals surface area contributed by atoms with E-state index in [0.29, 0.717) is 11.6 Å². The topological polar surface area (TPSA) is 50.7 Å². The number of nitrogens with zero attached hydrogens (tertiary/aromatic N) is 2. The zero-order valence-electron chi connectivity index (χ0n) is 10.1. The van der Waals surface area contributed by atoms with Gasteiger partial charge >= 0.3 is 5.69 Å². The molecule has 0 radical (unpaired) electrons. The van der Waals surface area contributed by atoms with Crippen molar-refractivity contribution in [3.8, 4) is 5.69 Å². The lowest BCUT2D eigenvalue weighted by molar-refractivity contribution is 0.396. The number of aromatic nitrogens is 3. The summed E-state index contributed by atoms with van der Waals surface area (Å²) in [7, 11) is 0. The Balaban J connectivity index is 2.18. The molecule has 1 saturated carbocycles. The first-order valence-electron chi connectivity index (χ1n) is 6.10. The van der Waals surface area contributed by atoms with Crippen LogP contribution in [0.25, 0.3) is 5.69 Å². The van der Waals surface area contributed by atoms with E-state index < -0.39 is 0 Å². The molecule has 1 aromatic heterocycles. The molecule has 0 spiro atoms. The van der Waals surface area contributed by atoms with Gasteiger partial charge in [-0.3, -0.25) is 0 Å². The standard InChI is InChI=1S/C13H14FN3O/c1-8-5-6-10(14)7-11(8)17-12(9-3-2-4-9)15-16-13(17)18/h5-7,9H,2-4H2,1H3,(H,16,18). The average molecular weight is 247 g/mol. The maximum atomic E-state index is 13.4. The number of benzene rings is 1. The van der Waals surface area contributed by atoms with Crippen LogP contribution >= 0.6 is 0 Å². The minimum Gasteiger partial charge on any atom is -0.246 e. The van der Waals surface area contributed by atoms with Crippen LogP contribution in [0.2, 0.25) is 0 Å². The monoisotopic (exact) mass is 247 g/mol. The van der Waals surface area contributed by atoms with Gasteiger partial charge in [-0.15, -0.1) is 0 Å². The van der Waals surface area contributed by atoms with Crippen molar-refractivity contribution in [1.29, 1.82) is 0 Å². The predicted molar refractivity (Wildman–Crippen MR) is 65.5 cm³/mol. The zero-order valence-corrected chi connectivity index (χ0v) is 10.1. The maximum Gasteiger partial charge on any atom is 0.347 e. The number of rotatable bonds is 2. The molecule has 3 rings (SSSR count). The predicted octanol–water partition coefficient (Wildman–Crippen LogP) is 2.28. The maximum absolute atomic E-state index is 13.4. The van der Waals surface area contributed by atoms with Gasteiger partial charge in [0.05, 0.1) is 5.69 Å². The van der Waals surface area contributed by atoms with Gasteiger partial charge in [0.1, 0.15) is 11.6 Å². The van der Waals surface area contributed by atoms with Crippen LogP contribution in [0.1, 0.15) is 36.6 Å². The normalized spacial score (nSPS) is 15.7. The average Bonchev–Trinajstić information content (AvgIpc) is 2.62. The summed E-state index contributed by atoms with van der Waals surface area (Å²) in [6.45, 7) is 1.86. The number of H-pyrrole nitrogens is 1. The summed E-state index contributed by atoms with van der Waals surface area (Å²) in [5.41, 5.74) is 1.14. The summed E-state index contributed by atoms with van der Waals surface area (Å²) in [5.74, 6) is 0.690. The third-order valence-electron chi connectivity index (χ3n) is 3.58. The largest absolute Gasteiger partial charge is 0.347 e. The van der Waals surface area contributed by atoms with Crippen LogP contribution < -0.4 is 5.69 Å². The van der Waals surface area contributed by atoms with Crippen molar-refractivity contribution in [3.05, 3.63) is 45.9 Å². The van der Waals surface area contributed by atoms with Crippen LogP contribution in [0.15, 0.2) is 23.0 Å².